The van der Waals surface area contributed by atoms with Crippen LogP contribution in [0.15, 0.2) is 25.3 Å². The van der Waals surface area contributed by atoms with Gasteiger partial charge in [-0.1, -0.05) is 25.3 Å². The number of carbonyl (C=O) groups excluding carboxylic acids is 2. The number of carbonyl (C=O) groups is 2. The van der Waals surface area contributed by atoms with Gasteiger partial charge in [-0.05, 0) is 19.3 Å². The molecule has 0 aromatic rings. The lowest BCUT2D eigenvalue weighted by atomic mass is 10.0. The van der Waals surface area contributed by atoms with Gasteiger partial charge in [-0.3, -0.25) is 4.18 Å². The second-order valence-electron chi connectivity index (χ2n) is 6.51. The summed E-state index contributed by atoms with van der Waals surface area (Å²) >= 11 is 0. The molecule has 2 rings (SSSR count). The minimum atomic E-state index is -3.67. The molecule has 0 aliphatic carbocycles. The van der Waals surface area contributed by atoms with E-state index in [0.717, 1.165) is 12.7 Å². The van der Waals surface area contributed by atoms with Crippen LogP contribution in [0.5, 0.6) is 0 Å². The van der Waals surface area contributed by atoms with Gasteiger partial charge in [0.05, 0.1) is 31.0 Å². The molecule has 0 radical (unpaired) electrons. The summed E-state index contributed by atoms with van der Waals surface area (Å²) in [4.78, 5) is 27.8. The van der Waals surface area contributed by atoms with Crippen LogP contribution in [0.2, 0.25) is 0 Å². The molecule has 0 spiro atoms. The van der Waals surface area contributed by atoms with Crippen molar-refractivity contribution in [1.29, 1.82) is 0 Å². The third-order valence-electron chi connectivity index (χ3n) is 4.48. The number of hydrogen-bond acceptors (Lipinski definition) is 7. The highest BCUT2D eigenvalue weighted by Gasteiger charge is 2.46. The topological polar surface area (TPSA) is 102 Å². The summed E-state index contributed by atoms with van der Waals surface area (Å²) in [6.45, 7) is 7.73. The molecule has 0 saturated carbocycles. The second kappa shape index (κ2) is 9.23. The Hall–Kier alpha value is -2.07. The van der Waals surface area contributed by atoms with Crippen molar-refractivity contribution in [2.75, 3.05) is 32.6 Å². The van der Waals surface area contributed by atoms with Crippen molar-refractivity contribution in [3.63, 3.8) is 0 Å². The Morgan fingerprint density at radius 1 is 1.07 bits per heavy atom. The summed E-state index contributed by atoms with van der Waals surface area (Å²) in [6, 6.07) is -0.723. The molecule has 0 aromatic carbocycles. The molecule has 2 aliphatic rings. The molecule has 1 unspecified atom stereocenters. The highest BCUT2D eigenvalue weighted by molar-refractivity contribution is 7.86. The van der Waals surface area contributed by atoms with E-state index in [9.17, 15) is 18.0 Å². The maximum absolute atomic E-state index is 12.4. The van der Waals surface area contributed by atoms with Crippen LogP contribution in [0.25, 0.3) is 0 Å². The molecule has 2 saturated heterocycles. The molecular weight excluding hydrogens is 376 g/mol. The van der Waals surface area contributed by atoms with Crippen LogP contribution in [0.4, 0.5) is 9.59 Å². The summed E-state index contributed by atoms with van der Waals surface area (Å²) in [5.41, 5.74) is 0. The van der Waals surface area contributed by atoms with E-state index >= 15 is 0 Å². The Kier molecular flexibility index (Phi) is 7.25. The maximum Gasteiger partial charge on any atom is 0.410 e. The van der Waals surface area contributed by atoms with Crippen LogP contribution in [-0.2, 0) is 23.8 Å². The lowest BCUT2D eigenvalue weighted by Gasteiger charge is -2.33. The first-order chi connectivity index (χ1) is 12.8. The molecular formula is C17H26N2O7S. The Morgan fingerprint density at radius 3 is 2.22 bits per heavy atom. The zero-order valence-electron chi connectivity index (χ0n) is 15.4. The lowest BCUT2D eigenvalue weighted by Crippen LogP contribution is -2.50. The van der Waals surface area contributed by atoms with Gasteiger partial charge in [0.2, 0.25) is 0 Å². The van der Waals surface area contributed by atoms with Gasteiger partial charge in [-0.25, -0.2) is 9.59 Å². The minimum Gasteiger partial charge on any atom is -0.445 e. The summed E-state index contributed by atoms with van der Waals surface area (Å²) in [6.07, 6.45) is 3.85. The quantitative estimate of drug-likeness (QED) is 0.470. The molecule has 2 amide bonds. The van der Waals surface area contributed by atoms with Crippen molar-refractivity contribution < 1.29 is 31.7 Å². The van der Waals surface area contributed by atoms with E-state index in [1.165, 1.54) is 17.1 Å². The molecule has 2 aliphatic heterocycles. The van der Waals surface area contributed by atoms with Crippen molar-refractivity contribution in [2.24, 2.45) is 0 Å². The highest BCUT2D eigenvalue weighted by Crippen LogP contribution is 2.32. The molecule has 27 heavy (non-hydrogen) atoms. The van der Waals surface area contributed by atoms with Crippen LogP contribution in [0.1, 0.15) is 19.3 Å². The number of likely N-dealkylation sites (tertiary alicyclic amines) is 2. The smallest absolute Gasteiger partial charge is 0.410 e. The molecule has 0 N–H and O–H groups in total. The monoisotopic (exact) mass is 402 g/mol. The van der Waals surface area contributed by atoms with Gasteiger partial charge in [0.15, 0.2) is 0 Å². The van der Waals surface area contributed by atoms with Crippen LogP contribution in [0.3, 0.4) is 0 Å². The molecule has 2 fully saturated rings. The second-order valence-corrected chi connectivity index (χ2v) is 8.11. The Bertz CT molecular complexity index is 679. The minimum absolute atomic E-state index is 0.0371. The van der Waals surface area contributed by atoms with Crippen molar-refractivity contribution in [1.82, 2.24) is 9.80 Å². The number of amides is 2. The third kappa shape index (κ3) is 5.70. The van der Waals surface area contributed by atoms with E-state index in [4.69, 9.17) is 13.7 Å². The summed E-state index contributed by atoms with van der Waals surface area (Å²) in [5.74, 6) is 0. The number of rotatable bonds is 7. The van der Waals surface area contributed by atoms with Crippen molar-refractivity contribution in [2.45, 2.75) is 37.5 Å². The van der Waals surface area contributed by atoms with Gasteiger partial charge >= 0.3 is 12.2 Å². The molecule has 2 heterocycles. The summed E-state index contributed by atoms with van der Waals surface area (Å²) in [7, 11) is -3.67. The van der Waals surface area contributed by atoms with Crippen molar-refractivity contribution in [3.8, 4) is 0 Å². The summed E-state index contributed by atoms with van der Waals surface area (Å²) in [5, 5.41) is 0. The van der Waals surface area contributed by atoms with Gasteiger partial charge in [0, 0.05) is 6.54 Å². The van der Waals surface area contributed by atoms with Gasteiger partial charge in [-0.15, -0.1) is 0 Å². The van der Waals surface area contributed by atoms with Crippen LogP contribution < -0.4 is 0 Å². The first kappa shape index (κ1) is 21.2. The number of ether oxygens (including phenoxy) is 2. The Morgan fingerprint density at radius 2 is 1.67 bits per heavy atom. The number of hydrogen-bond donors (Lipinski definition) is 0. The zero-order chi connectivity index (χ0) is 20.0. The fraction of sp³-hybridized carbons (Fsp3) is 0.647. The molecule has 0 bridgehead atoms. The molecule has 10 heteroatoms. The predicted octanol–water partition coefficient (Wildman–Crippen LogP) is 1.52. The first-order valence-corrected chi connectivity index (χ1v) is 10.5. The Labute approximate surface area is 159 Å². The largest absolute Gasteiger partial charge is 0.445 e. The van der Waals surface area contributed by atoms with Crippen LogP contribution >= 0.6 is 0 Å². The maximum atomic E-state index is 12.4. The van der Waals surface area contributed by atoms with Gasteiger partial charge in [-0.2, -0.15) is 8.42 Å². The first-order valence-electron chi connectivity index (χ1n) is 8.73. The number of nitrogens with zero attached hydrogens (tertiary/aromatic N) is 2. The summed E-state index contributed by atoms with van der Waals surface area (Å²) < 4.78 is 38.3. The van der Waals surface area contributed by atoms with Crippen LogP contribution in [-0.4, -0.2) is 81.2 Å². The highest BCUT2D eigenvalue weighted by atomic mass is 32.2. The van der Waals surface area contributed by atoms with E-state index < -0.39 is 34.5 Å². The predicted molar refractivity (Wildman–Crippen MR) is 97.6 cm³/mol. The van der Waals surface area contributed by atoms with E-state index in [1.54, 1.807) is 4.90 Å². The van der Waals surface area contributed by atoms with E-state index in [1.807, 2.05) is 0 Å². The molecule has 9 nitrogen and oxygen atoms in total. The zero-order valence-corrected chi connectivity index (χ0v) is 16.2. The average Bonchev–Trinajstić information content (AvgIpc) is 3.22. The Balaban J connectivity index is 2.17. The van der Waals surface area contributed by atoms with Gasteiger partial charge in [0.1, 0.15) is 13.2 Å². The molecule has 0 aromatic heterocycles. The standard InChI is InChI=1S/C17H26N2O7S/c1-4-9-24-16(20)18-8-6-7-14(18)15-11-13(26-27(3,22)23)12-19(15)17(21)25-10-5-2/h4-5,13-15H,1-2,6-12H2,3H3/t13-,14?,15+/m1/s1. The van der Waals surface area contributed by atoms with Crippen LogP contribution in [0, 0.1) is 0 Å². The fourth-order valence-corrected chi connectivity index (χ4v) is 4.20. The lowest BCUT2D eigenvalue weighted by molar-refractivity contribution is 0.0709. The molecule has 3 atom stereocenters. The third-order valence-corrected chi connectivity index (χ3v) is 5.10. The van der Waals surface area contributed by atoms with E-state index in [2.05, 4.69) is 13.2 Å². The van der Waals surface area contributed by atoms with Crippen molar-refractivity contribution >= 4 is 22.3 Å². The fourth-order valence-electron chi connectivity index (χ4n) is 3.56. The van der Waals surface area contributed by atoms with Crippen molar-refractivity contribution in [3.05, 3.63) is 25.3 Å². The van der Waals surface area contributed by atoms with Gasteiger partial charge < -0.3 is 19.3 Å². The van der Waals surface area contributed by atoms with E-state index in [-0.39, 0.29) is 32.2 Å². The normalized spacial score (nSPS) is 25.3. The van der Waals surface area contributed by atoms with E-state index in [0.29, 0.717) is 13.0 Å². The molecule has 152 valence electrons. The van der Waals surface area contributed by atoms with Gasteiger partial charge in [0.25, 0.3) is 10.1 Å². The SMILES string of the molecule is C=CCOC(=O)N1CCCC1[C@@H]1C[C@@H](OS(C)(=O)=O)CN1C(=O)OCC=C. The average molecular weight is 402 g/mol.